The van der Waals surface area contributed by atoms with Crippen molar-refractivity contribution in [2.45, 2.75) is 25.8 Å². The molecule has 0 N–H and O–H groups in total. The molecule has 0 aliphatic carbocycles. The highest BCUT2D eigenvalue weighted by atomic mass is 16.2. The van der Waals surface area contributed by atoms with Gasteiger partial charge in [-0.15, -0.1) is 0 Å². The Kier molecular flexibility index (Phi) is 5.47. The Balaban J connectivity index is 1.48. The van der Waals surface area contributed by atoms with Crippen LogP contribution in [0.15, 0.2) is 73.1 Å². The molecule has 28 heavy (non-hydrogen) atoms. The van der Waals surface area contributed by atoms with Crippen molar-refractivity contribution in [1.29, 1.82) is 0 Å². The van der Waals surface area contributed by atoms with Crippen LogP contribution in [0.3, 0.4) is 0 Å². The van der Waals surface area contributed by atoms with E-state index in [-0.39, 0.29) is 5.91 Å². The van der Waals surface area contributed by atoms with E-state index in [1.807, 2.05) is 65.3 Å². The van der Waals surface area contributed by atoms with Crippen LogP contribution < -0.4 is 4.90 Å². The van der Waals surface area contributed by atoms with Crippen molar-refractivity contribution >= 4 is 11.6 Å². The molecule has 0 saturated carbocycles. The van der Waals surface area contributed by atoms with Crippen LogP contribution in [0.1, 0.15) is 35.2 Å². The SMILES string of the molecule is CN(Cc1ccccc1N1CCCCC1)C(=O)c1ccc(-n2cccc2)cc1. The van der Waals surface area contributed by atoms with Crippen molar-refractivity contribution in [3.63, 3.8) is 0 Å². The Morgan fingerprint density at radius 1 is 0.893 bits per heavy atom. The van der Waals surface area contributed by atoms with Gasteiger partial charge in [-0.2, -0.15) is 0 Å². The first-order valence-corrected chi connectivity index (χ1v) is 10.0. The maximum absolute atomic E-state index is 12.9. The number of carbonyl (C=O) groups excluding carboxylic acids is 1. The minimum atomic E-state index is 0.0486. The number of carbonyl (C=O) groups is 1. The maximum Gasteiger partial charge on any atom is 0.253 e. The summed E-state index contributed by atoms with van der Waals surface area (Å²) in [6, 6.07) is 20.3. The van der Waals surface area contributed by atoms with E-state index in [2.05, 4.69) is 29.2 Å². The van der Waals surface area contributed by atoms with Crippen LogP contribution >= 0.6 is 0 Å². The smallest absolute Gasteiger partial charge is 0.253 e. The van der Waals surface area contributed by atoms with Crippen molar-refractivity contribution < 1.29 is 4.79 Å². The van der Waals surface area contributed by atoms with Crippen LogP contribution in [-0.2, 0) is 6.54 Å². The minimum Gasteiger partial charge on any atom is -0.371 e. The van der Waals surface area contributed by atoms with Gasteiger partial charge in [-0.3, -0.25) is 4.79 Å². The van der Waals surface area contributed by atoms with E-state index in [4.69, 9.17) is 0 Å². The van der Waals surface area contributed by atoms with Gasteiger partial charge in [0.25, 0.3) is 5.91 Å². The van der Waals surface area contributed by atoms with Gasteiger partial charge in [0.2, 0.25) is 0 Å². The number of hydrogen-bond donors (Lipinski definition) is 0. The Bertz CT molecular complexity index is 909. The molecule has 1 aliphatic rings. The predicted octanol–water partition coefficient (Wildman–Crippen LogP) is 4.74. The molecular weight excluding hydrogens is 346 g/mol. The molecule has 4 nitrogen and oxygen atoms in total. The summed E-state index contributed by atoms with van der Waals surface area (Å²) in [4.78, 5) is 17.2. The molecule has 1 saturated heterocycles. The molecule has 3 aromatic rings. The topological polar surface area (TPSA) is 28.5 Å². The van der Waals surface area contributed by atoms with Gasteiger partial charge in [0.05, 0.1) is 0 Å². The number of benzene rings is 2. The maximum atomic E-state index is 12.9. The highest BCUT2D eigenvalue weighted by Crippen LogP contribution is 2.25. The van der Waals surface area contributed by atoms with Crippen LogP contribution in [0, 0.1) is 0 Å². The van der Waals surface area contributed by atoms with Gasteiger partial charge in [0, 0.05) is 56.0 Å². The first-order chi connectivity index (χ1) is 13.7. The number of nitrogens with zero attached hydrogens (tertiary/aromatic N) is 3. The summed E-state index contributed by atoms with van der Waals surface area (Å²) in [5.74, 6) is 0.0486. The minimum absolute atomic E-state index is 0.0486. The second-order valence-corrected chi connectivity index (χ2v) is 7.47. The van der Waals surface area contributed by atoms with Crippen LogP contribution in [0.25, 0.3) is 5.69 Å². The summed E-state index contributed by atoms with van der Waals surface area (Å²) in [5, 5.41) is 0. The third-order valence-corrected chi connectivity index (χ3v) is 5.46. The summed E-state index contributed by atoms with van der Waals surface area (Å²) in [5.41, 5.74) is 4.25. The number of amides is 1. The fraction of sp³-hybridized carbons (Fsp3) is 0.292. The van der Waals surface area contributed by atoms with Gasteiger partial charge in [0.1, 0.15) is 0 Å². The average Bonchev–Trinajstić information content (AvgIpc) is 3.29. The summed E-state index contributed by atoms with van der Waals surface area (Å²) < 4.78 is 2.03. The fourth-order valence-corrected chi connectivity index (χ4v) is 3.92. The molecule has 0 atom stereocenters. The first kappa shape index (κ1) is 18.4. The van der Waals surface area contributed by atoms with E-state index in [1.165, 1.54) is 30.5 Å². The Morgan fingerprint density at radius 2 is 1.57 bits per heavy atom. The van der Waals surface area contributed by atoms with Crippen molar-refractivity contribution in [1.82, 2.24) is 9.47 Å². The zero-order valence-corrected chi connectivity index (χ0v) is 16.4. The molecule has 2 heterocycles. The van der Waals surface area contributed by atoms with Crippen molar-refractivity contribution in [3.8, 4) is 5.69 Å². The quantitative estimate of drug-likeness (QED) is 0.646. The number of aromatic nitrogens is 1. The molecular formula is C24H27N3O. The first-order valence-electron chi connectivity index (χ1n) is 10.0. The number of hydrogen-bond acceptors (Lipinski definition) is 2. The zero-order valence-electron chi connectivity index (χ0n) is 16.4. The molecule has 0 spiro atoms. The molecule has 0 unspecified atom stereocenters. The van der Waals surface area contributed by atoms with Crippen LogP contribution in [0.2, 0.25) is 0 Å². The third kappa shape index (κ3) is 3.96. The van der Waals surface area contributed by atoms with Crippen molar-refractivity contribution in [2.24, 2.45) is 0 Å². The fourth-order valence-electron chi connectivity index (χ4n) is 3.92. The average molecular weight is 373 g/mol. The third-order valence-electron chi connectivity index (χ3n) is 5.46. The van der Waals surface area contributed by atoms with Crippen molar-refractivity contribution in [2.75, 3.05) is 25.0 Å². The second kappa shape index (κ2) is 8.34. The summed E-state index contributed by atoms with van der Waals surface area (Å²) >= 11 is 0. The molecule has 0 bridgehead atoms. The van der Waals surface area contributed by atoms with E-state index in [1.54, 1.807) is 0 Å². The molecule has 1 aromatic heterocycles. The van der Waals surface area contributed by atoms with Gasteiger partial charge < -0.3 is 14.4 Å². The summed E-state index contributed by atoms with van der Waals surface area (Å²) in [7, 11) is 1.88. The number of anilines is 1. The van der Waals surface area contributed by atoms with Crippen LogP contribution in [-0.4, -0.2) is 35.5 Å². The molecule has 144 valence electrons. The monoisotopic (exact) mass is 373 g/mol. The van der Waals surface area contributed by atoms with Gasteiger partial charge in [-0.1, -0.05) is 18.2 Å². The molecule has 0 radical (unpaired) electrons. The number of rotatable bonds is 5. The lowest BCUT2D eigenvalue weighted by molar-refractivity contribution is 0.0785. The van der Waals surface area contributed by atoms with Crippen molar-refractivity contribution in [3.05, 3.63) is 84.2 Å². The van der Waals surface area contributed by atoms with E-state index < -0.39 is 0 Å². The summed E-state index contributed by atoms with van der Waals surface area (Å²) in [6.07, 6.45) is 7.81. The molecule has 1 amide bonds. The number of para-hydroxylation sites is 1. The van der Waals surface area contributed by atoms with Gasteiger partial charge >= 0.3 is 0 Å². The molecule has 2 aromatic carbocycles. The lowest BCUT2D eigenvalue weighted by Crippen LogP contribution is -2.32. The predicted molar refractivity (Wildman–Crippen MR) is 114 cm³/mol. The standard InChI is InChI=1S/C24H27N3O/c1-25(19-21-9-3-4-10-23(21)27-17-5-2-6-18-27)24(28)20-11-13-22(14-12-20)26-15-7-8-16-26/h3-4,7-16H,2,5-6,17-19H2,1H3. The molecule has 4 heteroatoms. The highest BCUT2D eigenvalue weighted by molar-refractivity contribution is 5.94. The van der Waals surface area contributed by atoms with Gasteiger partial charge in [0.15, 0.2) is 0 Å². The van der Waals surface area contributed by atoms with Gasteiger partial charge in [-0.05, 0) is 67.3 Å². The lowest BCUT2D eigenvalue weighted by Gasteiger charge is -2.31. The van der Waals surface area contributed by atoms with Crippen LogP contribution in [0.5, 0.6) is 0 Å². The lowest BCUT2D eigenvalue weighted by atomic mass is 10.1. The Labute approximate surface area is 167 Å². The van der Waals surface area contributed by atoms with E-state index in [0.29, 0.717) is 12.1 Å². The highest BCUT2D eigenvalue weighted by Gasteiger charge is 2.17. The molecule has 4 rings (SSSR count). The van der Waals surface area contributed by atoms with Gasteiger partial charge in [-0.25, -0.2) is 0 Å². The van der Waals surface area contributed by atoms with E-state index in [0.717, 1.165) is 18.8 Å². The largest absolute Gasteiger partial charge is 0.371 e. The van der Waals surface area contributed by atoms with E-state index >= 15 is 0 Å². The normalized spacial score (nSPS) is 14.1. The molecule has 1 fully saturated rings. The zero-order chi connectivity index (χ0) is 19.3. The Hall–Kier alpha value is -3.01. The summed E-state index contributed by atoms with van der Waals surface area (Å²) in [6.45, 7) is 2.83. The second-order valence-electron chi connectivity index (χ2n) is 7.47. The Morgan fingerprint density at radius 3 is 2.29 bits per heavy atom. The number of piperidine rings is 1. The van der Waals surface area contributed by atoms with E-state index in [9.17, 15) is 4.79 Å². The molecule has 1 aliphatic heterocycles. The van der Waals surface area contributed by atoms with Crippen LogP contribution in [0.4, 0.5) is 5.69 Å².